The average Bonchev–Trinajstić information content (AvgIpc) is 2.49. The third-order valence-electron chi connectivity index (χ3n) is 3.20. The van der Waals surface area contributed by atoms with Crippen LogP contribution in [0.25, 0.3) is 0 Å². The summed E-state index contributed by atoms with van der Waals surface area (Å²) in [6.07, 6.45) is 2.70. The van der Waals surface area contributed by atoms with E-state index in [0.717, 1.165) is 13.0 Å². The number of alkyl halides is 1. The van der Waals surface area contributed by atoms with Crippen LogP contribution >= 0.6 is 11.6 Å². The summed E-state index contributed by atoms with van der Waals surface area (Å²) in [4.78, 5) is 11.6. The van der Waals surface area contributed by atoms with Crippen LogP contribution in [0.3, 0.4) is 0 Å². The molecule has 1 atom stereocenters. The largest absolute Gasteiger partial charge is 0.314 e. The van der Waals surface area contributed by atoms with Gasteiger partial charge in [0.05, 0.1) is 0 Å². The molecule has 0 aliphatic rings. The van der Waals surface area contributed by atoms with Gasteiger partial charge in [0.25, 0.3) is 5.56 Å². The molecule has 0 saturated heterocycles. The van der Waals surface area contributed by atoms with E-state index in [1.807, 2.05) is 24.3 Å². The summed E-state index contributed by atoms with van der Waals surface area (Å²) in [6, 6.07) is 15.7. The maximum atomic E-state index is 11.6. The van der Waals surface area contributed by atoms with E-state index < -0.39 is 0 Å². The van der Waals surface area contributed by atoms with Gasteiger partial charge in [-0.05, 0) is 18.1 Å². The van der Waals surface area contributed by atoms with Gasteiger partial charge in [-0.3, -0.25) is 4.79 Å². The van der Waals surface area contributed by atoms with Crippen molar-refractivity contribution in [2.24, 2.45) is 0 Å². The average molecular weight is 291 g/mol. The Balaban J connectivity index is 1.82. The summed E-state index contributed by atoms with van der Waals surface area (Å²) in [5.41, 5.74) is 1.29. The van der Waals surface area contributed by atoms with Crippen LogP contribution in [0.4, 0.5) is 0 Å². The molecule has 2 rings (SSSR count). The van der Waals surface area contributed by atoms with Gasteiger partial charge in [-0.2, -0.15) is 0 Å². The van der Waals surface area contributed by atoms with Crippen molar-refractivity contribution in [2.45, 2.75) is 19.0 Å². The van der Waals surface area contributed by atoms with E-state index in [4.69, 9.17) is 11.6 Å². The van der Waals surface area contributed by atoms with E-state index in [2.05, 4.69) is 17.4 Å². The zero-order valence-corrected chi connectivity index (χ0v) is 12.1. The third-order valence-corrected chi connectivity index (χ3v) is 3.57. The number of rotatable bonds is 7. The van der Waals surface area contributed by atoms with Crippen LogP contribution in [-0.4, -0.2) is 23.0 Å². The van der Waals surface area contributed by atoms with Gasteiger partial charge >= 0.3 is 0 Å². The summed E-state index contributed by atoms with van der Waals surface area (Å²) in [5.74, 6) is 0.554. The molecule has 1 aromatic heterocycles. The number of nitrogens with zero attached hydrogens (tertiary/aromatic N) is 1. The number of pyridine rings is 1. The van der Waals surface area contributed by atoms with Crippen LogP contribution in [0.2, 0.25) is 0 Å². The lowest BCUT2D eigenvalue weighted by molar-refractivity contribution is 0.510. The fourth-order valence-electron chi connectivity index (χ4n) is 2.11. The van der Waals surface area contributed by atoms with Gasteiger partial charge in [-0.1, -0.05) is 36.4 Å². The molecule has 1 N–H and O–H groups in total. The van der Waals surface area contributed by atoms with Gasteiger partial charge in [0.1, 0.15) is 0 Å². The first-order valence-electron chi connectivity index (χ1n) is 6.78. The molecule has 1 aromatic carbocycles. The molecule has 0 amide bonds. The second-order valence-corrected chi connectivity index (χ2v) is 5.04. The molecule has 1 heterocycles. The van der Waals surface area contributed by atoms with Gasteiger partial charge in [-0.25, -0.2) is 0 Å². The van der Waals surface area contributed by atoms with Crippen LogP contribution in [0.15, 0.2) is 59.5 Å². The molecule has 106 valence electrons. The molecular weight excluding hydrogens is 272 g/mol. The normalized spacial score (nSPS) is 12.2. The maximum Gasteiger partial charge on any atom is 0.250 e. The fourth-order valence-corrected chi connectivity index (χ4v) is 2.33. The molecule has 0 spiro atoms. The van der Waals surface area contributed by atoms with Gasteiger partial charge in [0.15, 0.2) is 0 Å². The number of halogens is 1. The Morgan fingerprint density at radius 3 is 2.55 bits per heavy atom. The highest BCUT2D eigenvalue weighted by molar-refractivity contribution is 6.18. The quantitative estimate of drug-likeness (QED) is 0.794. The van der Waals surface area contributed by atoms with Gasteiger partial charge < -0.3 is 9.88 Å². The number of hydrogen-bond acceptors (Lipinski definition) is 2. The number of aromatic nitrogens is 1. The van der Waals surface area contributed by atoms with E-state index in [-0.39, 0.29) is 11.6 Å². The van der Waals surface area contributed by atoms with Crippen LogP contribution < -0.4 is 10.9 Å². The molecule has 0 fully saturated rings. The number of nitrogens with one attached hydrogen (secondary N) is 1. The lowest BCUT2D eigenvalue weighted by Crippen LogP contribution is -2.36. The molecular formula is C16H19ClN2O. The Morgan fingerprint density at radius 1 is 1.10 bits per heavy atom. The summed E-state index contributed by atoms with van der Waals surface area (Å²) < 4.78 is 1.70. The first kappa shape index (κ1) is 14.8. The third kappa shape index (κ3) is 4.51. The minimum absolute atomic E-state index is 0.0276. The Hall–Kier alpha value is -1.58. The molecule has 2 aromatic rings. The highest BCUT2D eigenvalue weighted by atomic mass is 35.5. The second-order valence-electron chi connectivity index (χ2n) is 4.73. The molecule has 0 bridgehead atoms. The van der Waals surface area contributed by atoms with Gasteiger partial charge in [-0.15, -0.1) is 11.6 Å². The Bertz CT molecular complexity index is 568. The van der Waals surface area contributed by atoms with Crippen molar-refractivity contribution in [1.82, 2.24) is 9.88 Å². The SMILES string of the molecule is O=c1ccccn1CCNC(CCl)Cc1ccccc1. The monoisotopic (exact) mass is 290 g/mol. The smallest absolute Gasteiger partial charge is 0.250 e. The Morgan fingerprint density at radius 2 is 1.85 bits per heavy atom. The highest BCUT2D eigenvalue weighted by Crippen LogP contribution is 2.04. The van der Waals surface area contributed by atoms with Crippen LogP contribution in [0.5, 0.6) is 0 Å². The van der Waals surface area contributed by atoms with Crippen LogP contribution in [0.1, 0.15) is 5.56 Å². The lowest BCUT2D eigenvalue weighted by atomic mass is 10.1. The van der Waals surface area contributed by atoms with Crippen molar-refractivity contribution in [1.29, 1.82) is 0 Å². The van der Waals surface area contributed by atoms with Crippen molar-refractivity contribution >= 4 is 11.6 Å². The highest BCUT2D eigenvalue weighted by Gasteiger charge is 2.07. The molecule has 0 aliphatic carbocycles. The summed E-state index contributed by atoms with van der Waals surface area (Å²) >= 11 is 6.00. The molecule has 3 nitrogen and oxygen atoms in total. The zero-order chi connectivity index (χ0) is 14.2. The second kappa shape index (κ2) is 7.88. The van der Waals surface area contributed by atoms with Crippen LogP contribution in [0, 0.1) is 0 Å². The zero-order valence-electron chi connectivity index (χ0n) is 11.3. The molecule has 0 radical (unpaired) electrons. The van der Waals surface area contributed by atoms with E-state index in [0.29, 0.717) is 12.4 Å². The van der Waals surface area contributed by atoms with Crippen molar-refractivity contribution in [3.63, 3.8) is 0 Å². The first-order chi connectivity index (χ1) is 9.79. The molecule has 0 aliphatic heterocycles. The molecule has 4 heteroatoms. The maximum absolute atomic E-state index is 11.6. The Labute approximate surface area is 124 Å². The number of benzene rings is 1. The topological polar surface area (TPSA) is 34.0 Å². The Kier molecular flexibility index (Phi) is 5.84. The predicted molar refractivity (Wildman–Crippen MR) is 83.4 cm³/mol. The first-order valence-corrected chi connectivity index (χ1v) is 7.32. The predicted octanol–water partition coefficient (Wildman–Crippen LogP) is 2.29. The summed E-state index contributed by atoms with van der Waals surface area (Å²) in [5, 5.41) is 3.40. The van der Waals surface area contributed by atoms with E-state index in [1.165, 1.54) is 5.56 Å². The standard InChI is InChI=1S/C16H19ClN2O/c17-13-15(12-14-6-2-1-3-7-14)18-9-11-19-10-5-4-8-16(19)20/h1-8,10,15,18H,9,11-13H2. The molecule has 20 heavy (non-hydrogen) atoms. The summed E-state index contributed by atoms with van der Waals surface area (Å²) in [7, 11) is 0. The number of hydrogen-bond donors (Lipinski definition) is 1. The van der Waals surface area contributed by atoms with Gasteiger partial charge in [0.2, 0.25) is 0 Å². The minimum atomic E-state index is 0.0276. The molecule has 1 unspecified atom stereocenters. The van der Waals surface area contributed by atoms with Crippen molar-refractivity contribution < 1.29 is 0 Å². The van der Waals surface area contributed by atoms with E-state index in [9.17, 15) is 4.79 Å². The van der Waals surface area contributed by atoms with E-state index >= 15 is 0 Å². The van der Waals surface area contributed by atoms with Gasteiger partial charge in [0, 0.05) is 37.3 Å². The fraction of sp³-hybridized carbons (Fsp3) is 0.312. The summed E-state index contributed by atoms with van der Waals surface area (Å²) in [6.45, 7) is 1.38. The minimum Gasteiger partial charge on any atom is -0.314 e. The lowest BCUT2D eigenvalue weighted by Gasteiger charge is -2.16. The van der Waals surface area contributed by atoms with Crippen LogP contribution in [-0.2, 0) is 13.0 Å². The molecule has 0 saturated carbocycles. The van der Waals surface area contributed by atoms with Crippen molar-refractivity contribution in [2.75, 3.05) is 12.4 Å². The van der Waals surface area contributed by atoms with Crippen molar-refractivity contribution in [3.05, 3.63) is 70.6 Å². The van der Waals surface area contributed by atoms with E-state index in [1.54, 1.807) is 22.9 Å². The van der Waals surface area contributed by atoms with Crippen molar-refractivity contribution in [3.8, 4) is 0 Å².